The van der Waals surface area contributed by atoms with Gasteiger partial charge in [0.15, 0.2) is 11.9 Å². The first kappa shape index (κ1) is 26.4. The zero-order chi connectivity index (χ0) is 26.5. The number of pyridine rings is 1. The van der Waals surface area contributed by atoms with Crippen LogP contribution in [0.1, 0.15) is 30.5 Å². The highest BCUT2D eigenvalue weighted by Crippen LogP contribution is 2.30. The van der Waals surface area contributed by atoms with Gasteiger partial charge in [0.25, 0.3) is 0 Å². The maximum atomic E-state index is 13.0. The molecular formula is C29H27F3N2O2S. The molecule has 0 aliphatic rings. The minimum atomic E-state index is -4.37. The first-order valence-corrected chi connectivity index (χ1v) is 12.7. The number of nitrogens with zero attached hydrogens (tertiary/aromatic N) is 2. The molecule has 0 unspecified atom stereocenters. The molecule has 0 bridgehead atoms. The molecule has 0 atom stereocenters. The van der Waals surface area contributed by atoms with E-state index < -0.39 is 17.3 Å². The maximum Gasteiger partial charge on any atom is 0.416 e. The maximum absolute atomic E-state index is 13.0. The lowest BCUT2D eigenvalue weighted by molar-refractivity contribution is -0.137. The highest BCUT2D eigenvalue weighted by atomic mass is 32.1. The van der Waals surface area contributed by atoms with E-state index in [1.165, 1.54) is 12.1 Å². The monoisotopic (exact) mass is 524 g/mol. The van der Waals surface area contributed by atoms with Gasteiger partial charge in [0.05, 0.1) is 5.56 Å². The molecule has 0 saturated heterocycles. The molecule has 2 aromatic heterocycles. The van der Waals surface area contributed by atoms with Crippen LogP contribution in [-0.2, 0) is 23.9 Å². The van der Waals surface area contributed by atoms with Crippen LogP contribution >= 0.6 is 11.3 Å². The van der Waals surface area contributed by atoms with E-state index in [9.17, 15) is 18.0 Å². The topological polar surface area (TPSA) is 42.4 Å². The van der Waals surface area contributed by atoms with Crippen molar-refractivity contribution in [1.82, 2.24) is 4.98 Å². The molecule has 4 rings (SSSR count). The summed E-state index contributed by atoms with van der Waals surface area (Å²) >= 11 is 1.62. The minimum absolute atomic E-state index is 0.414. The number of alkyl halides is 3. The van der Waals surface area contributed by atoms with Gasteiger partial charge in [0.2, 0.25) is 0 Å². The van der Waals surface area contributed by atoms with Gasteiger partial charge in [-0.2, -0.15) is 24.5 Å². The van der Waals surface area contributed by atoms with Gasteiger partial charge in [-0.3, -0.25) is 4.79 Å². The summed E-state index contributed by atoms with van der Waals surface area (Å²) in [7, 11) is 0. The first-order valence-electron chi connectivity index (χ1n) is 11.8. The number of aromatic nitrogens is 1. The lowest BCUT2D eigenvalue weighted by Gasteiger charge is -2.25. The molecule has 0 saturated carbocycles. The Labute approximate surface area is 218 Å². The van der Waals surface area contributed by atoms with Crippen molar-refractivity contribution < 1.29 is 22.7 Å². The van der Waals surface area contributed by atoms with Gasteiger partial charge in [0, 0.05) is 24.8 Å². The Kier molecular flexibility index (Phi) is 7.97. The number of ether oxygens (including phenoxy) is 1. The van der Waals surface area contributed by atoms with Gasteiger partial charge < -0.3 is 9.64 Å². The van der Waals surface area contributed by atoms with Crippen molar-refractivity contribution in [2.45, 2.75) is 38.6 Å². The summed E-state index contributed by atoms with van der Waals surface area (Å²) in [5.74, 6) is 1.35. The fourth-order valence-electron chi connectivity index (χ4n) is 3.78. The molecule has 2 heterocycles. The number of halogens is 3. The normalized spacial score (nSPS) is 11.8. The van der Waals surface area contributed by atoms with Gasteiger partial charge in [-0.15, -0.1) is 0 Å². The zero-order valence-corrected chi connectivity index (χ0v) is 21.4. The van der Waals surface area contributed by atoms with Crippen LogP contribution in [0.25, 0.3) is 11.1 Å². The number of hydrogen-bond donors (Lipinski definition) is 0. The van der Waals surface area contributed by atoms with E-state index in [1.54, 1.807) is 25.2 Å². The number of thiophene rings is 1. The SMILES string of the molecule is CC(C)(C=O)Oc1ccc(CCN(Cc2ccc(C(F)(F)F)cc2)c2ccc(-c3ccsc3)cn2)cc1. The smallest absolute Gasteiger partial charge is 0.416 e. The summed E-state index contributed by atoms with van der Waals surface area (Å²) in [6.07, 6.45) is -1.10. The Hall–Kier alpha value is -3.65. The van der Waals surface area contributed by atoms with Crippen molar-refractivity contribution in [3.63, 3.8) is 0 Å². The number of anilines is 1. The third-order valence-corrected chi connectivity index (χ3v) is 6.52. The number of carbonyl (C=O) groups is 1. The molecule has 0 fully saturated rings. The number of rotatable bonds is 10. The first-order chi connectivity index (χ1) is 17.6. The van der Waals surface area contributed by atoms with Crippen LogP contribution in [-0.4, -0.2) is 23.4 Å². The summed E-state index contributed by atoms with van der Waals surface area (Å²) in [6.45, 7) is 4.41. The van der Waals surface area contributed by atoms with Crippen molar-refractivity contribution in [1.29, 1.82) is 0 Å². The summed E-state index contributed by atoms with van der Waals surface area (Å²) < 4.78 is 44.7. The molecule has 0 aliphatic carbocycles. The summed E-state index contributed by atoms with van der Waals surface area (Å²) in [5.41, 5.74) is 2.36. The predicted octanol–water partition coefficient (Wildman–Crippen LogP) is 7.43. The fourth-order valence-corrected chi connectivity index (χ4v) is 4.45. The van der Waals surface area contributed by atoms with Gasteiger partial charge in [-0.25, -0.2) is 4.98 Å². The Morgan fingerprint density at radius 2 is 1.62 bits per heavy atom. The molecule has 4 nitrogen and oxygen atoms in total. The van der Waals surface area contributed by atoms with Crippen molar-refractivity contribution in [2.24, 2.45) is 0 Å². The standard InChI is InChI=1S/C29H27F3N2O2S/c1-28(2,20-35)36-26-10-5-21(6-11-26)13-15-34(18-22-3-8-25(9-4-22)29(30,31)32)27-12-7-23(17-33-27)24-14-16-37-19-24/h3-12,14,16-17,19-20H,13,15,18H2,1-2H3. The second kappa shape index (κ2) is 11.2. The molecule has 4 aromatic rings. The quantitative estimate of drug-likeness (QED) is 0.202. The van der Waals surface area contributed by atoms with Gasteiger partial charge in [-0.05, 0) is 90.2 Å². The van der Waals surface area contributed by atoms with E-state index in [2.05, 4.69) is 15.3 Å². The van der Waals surface area contributed by atoms with E-state index in [0.717, 1.165) is 46.5 Å². The Morgan fingerprint density at radius 1 is 0.919 bits per heavy atom. The van der Waals surface area contributed by atoms with Crippen LogP contribution in [0.5, 0.6) is 5.75 Å². The molecule has 0 spiro atoms. The molecule has 0 N–H and O–H groups in total. The van der Waals surface area contributed by atoms with E-state index in [4.69, 9.17) is 4.74 Å². The van der Waals surface area contributed by atoms with Crippen molar-refractivity contribution >= 4 is 23.4 Å². The number of carbonyl (C=O) groups excluding carboxylic acids is 1. The molecule has 37 heavy (non-hydrogen) atoms. The van der Waals surface area contributed by atoms with E-state index >= 15 is 0 Å². The predicted molar refractivity (Wildman–Crippen MR) is 141 cm³/mol. The van der Waals surface area contributed by atoms with E-state index in [0.29, 0.717) is 25.3 Å². The molecule has 0 amide bonds. The second-order valence-corrected chi connectivity index (χ2v) is 10.0. The summed E-state index contributed by atoms with van der Waals surface area (Å²) in [4.78, 5) is 17.8. The highest BCUT2D eigenvalue weighted by Gasteiger charge is 2.30. The van der Waals surface area contributed by atoms with Crippen molar-refractivity contribution in [3.05, 3.63) is 100 Å². The number of benzene rings is 2. The average molecular weight is 525 g/mol. The minimum Gasteiger partial charge on any atom is -0.480 e. The Balaban J connectivity index is 1.51. The van der Waals surface area contributed by atoms with Gasteiger partial charge in [-0.1, -0.05) is 24.3 Å². The number of aldehydes is 1. The van der Waals surface area contributed by atoms with Crippen LogP contribution in [0, 0.1) is 0 Å². The Morgan fingerprint density at radius 3 is 2.19 bits per heavy atom. The summed E-state index contributed by atoms with van der Waals surface area (Å²) in [5, 5.41) is 4.07. The molecular weight excluding hydrogens is 497 g/mol. The van der Waals surface area contributed by atoms with Crippen LogP contribution in [0.2, 0.25) is 0 Å². The summed E-state index contributed by atoms with van der Waals surface area (Å²) in [6, 6.07) is 18.8. The second-order valence-electron chi connectivity index (χ2n) is 9.25. The van der Waals surface area contributed by atoms with Crippen LogP contribution in [0.15, 0.2) is 83.7 Å². The number of hydrogen-bond acceptors (Lipinski definition) is 5. The van der Waals surface area contributed by atoms with Crippen LogP contribution in [0.4, 0.5) is 19.0 Å². The highest BCUT2D eigenvalue weighted by molar-refractivity contribution is 7.08. The lowest BCUT2D eigenvalue weighted by atomic mass is 10.1. The molecule has 2 aromatic carbocycles. The van der Waals surface area contributed by atoms with Crippen LogP contribution < -0.4 is 9.64 Å². The van der Waals surface area contributed by atoms with Crippen LogP contribution in [0.3, 0.4) is 0 Å². The Bertz CT molecular complexity index is 1290. The lowest BCUT2D eigenvalue weighted by Crippen LogP contribution is -2.29. The van der Waals surface area contributed by atoms with E-state index in [-0.39, 0.29) is 0 Å². The fraction of sp³-hybridized carbons (Fsp3) is 0.241. The average Bonchev–Trinajstić information content (AvgIpc) is 3.42. The van der Waals surface area contributed by atoms with Crippen molar-refractivity contribution in [3.8, 4) is 16.9 Å². The largest absolute Gasteiger partial charge is 0.480 e. The zero-order valence-electron chi connectivity index (χ0n) is 20.5. The third kappa shape index (κ3) is 7.20. The third-order valence-electron chi connectivity index (χ3n) is 5.84. The molecule has 8 heteroatoms. The molecule has 192 valence electrons. The van der Waals surface area contributed by atoms with Crippen molar-refractivity contribution in [2.75, 3.05) is 11.4 Å². The molecule has 0 radical (unpaired) electrons. The molecule has 0 aliphatic heterocycles. The van der Waals surface area contributed by atoms with Gasteiger partial charge >= 0.3 is 6.18 Å². The van der Waals surface area contributed by atoms with E-state index in [1.807, 2.05) is 54.0 Å². The van der Waals surface area contributed by atoms with Gasteiger partial charge in [0.1, 0.15) is 11.6 Å².